The van der Waals surface area contributed by atoms with Crippen molar-refractivity contribution >= 4 is 17.6 Å². The highest BCUT2D eigenvalue weighted by molar-refractivity contribution is 5.93. The maximum Gasteiger partial charge on any atom is 0.245 e. The molecule has 8 heteroatoms. The van der Waals surface area contributed by atoms with Gasteiger partial charge in [0.25, 0.3) is 0 Å². The molecule has 0 radical (unpaired) electrons. The topological polar surface area (TPSA) is 87.9 Å². The van der Waals surface area contributed by atoms with Crippen molar-refractivity contribution in [2.75, 3.05) is 51.3 Å². The zero-order valence-corrected chi connectivity index (χ0v) is 15.9. The summed E-state index contributed by atoms with van der Waals surface area (Å²) < 4.78 is 10.1. The van der Waals surface area contributed by atoms with Gasteiger partial charge >= 0.3 is 0 Å². The van der Waals surface area contributed by atoms with Gasteiger partial charge in [0.05, 0.1) is 19.8 Å². The SMILES string of the molecule is O=C(CN(CCN1CCOCC1)C(=O)CCc1ccccc1)Nc1ccon1. The quantitative estimate of drug-likeness (QED) is 0.701. The second-order valence-corrected chi connectivity index (χ2v) is 6.69. The molecule has 1 aromatic heterocycles. The molecule has 2 aromatic rings. The second-order valence-electron chi connectivity index (χ2n) is 6.69. The first-order chi connectivity index (χ1) is 13.7. The Bertz CT molecular complexity index is 730. The third kappa shape index (κ3) is 6.47. The molecular formula is C20H26N4O4. The van der Waals surface area contributed by atoms with Gasteiger partial charge in [-0.25, -0.2) is 0 Å². The normalized spacial score (nSPS) is 14.6. The number of carbonyl (C=O) groups is 2. The molecule has 1 aliphatic rings. The minimum absolute atomic E-state index is 0.00910. The Morgan fingerprint density at radius 3 is 2.64 bits per heavy atom. The molecule has 1 aliphatic heterocycles. The first kappa shape index (κ1) is 20.0. The van der Waals surface area contributed by atoms with Crippen LogP contribution in [0.5, 0.6) is 0 Å². The number of amides is 2. The van der Waals surface area contributed by atoms with E-state index in [0.29, 0.717) is 38.4 Å². The third-order valence-corrected chi connectivity index (χ3v) is 4.65. The lowest BCUT2D eigenvalue weighted by Gasteiger charge is -2.30. The molecule has 0 unspecified atom stereocenters. The fourth-order valence-electron chi connectivity index (χ4n) is 3.07. The first-order valence-electron chi connectivity index (χ1n) is 9.53. The summed E-state index contributed by atoms with van der Waals surface area (Å²) >= 11 is 0. The summed E-state index contributed by atoms with van der Waals surface area (Å²) in [4.78, 5) is 29.0. The van der Waals surface area contributed by atoms with Gasteiger partial charge in [0.1, 0.15) is 6.26 Å². The van der Waals surface area contributed by atoms with E-state index in [2.05, 4.69) is 15.4 Å². The van der Waals surface area contributed by atoms with Gasteiger partial charge in [-0.3, -0.25) is 14.5 Å². The summed E-state index contributed by atoms with van der Waals surface area (Å²) in [6.45, 7) is 4.31. The number of aryl methyl sites for hydroxylation is 1. The smallest absolute Gasteiger partial charge is 0.245 e. The van der Waals surface area contributed by atoms with Crippen LogP contribution in [0.25, 0.3) is 0 Å². The van der Waals surface area contributed by atoms with E-state index < -0.39 is 0 Å². The number of nitrogens with one attached hydrogen (secondary N) is 1. The average molecular weight is 386 g/mol. The van der Waals surface area contributed by atoms with Crippen LogP contribution in [0.4, 0.5) is 5.82 Å². The molecule has 1 saturated heterocycles. The van der Waals surface area contributed by atoms with Crippen molar-refractivity contribution in [3.8, 4) is 0 Å². The van der Waals surface area contributed by atoms with E-state index in [1.807, 2.05) is 30.3 Å². The van der Waals surface area contributed by atoms with Crippen LogP contribution >= 0.6 is 0 Å². The van der Waals surface area contributed by atoms with E-state index in [0.717, 1.165) is 25.2 Å². The highest BCUT2D eigenvalue weighted by Crippen LogP contribution is 2.07. The van der Waals surface area contributed by atoms with Crippen molar-refractivity contribution in [2.45, 2.75) is 12.8 Å². The summed E-state index contributed by atoms with van der Waals surface area (Å²) in [6, 6.07) is 11.4. The van der Waals surface area contributed by atoms with E-state index in [1.165, 1.54) is 6.26 Å². The molecule has 2 heterocycles. The Morgan fingerprint density at radius 2 is 1.93 bits per heavy atom. The number of ether oxygens (including phenoxy) is 1. The van der Waals surface area contributed by atoms with Gasteiger partial charge in [-0.2, -0.15) is 0 Å². The van der Waals surface area contributed by atoms with Crippen LogP contribution in [0, 0.1) is 0 Å². The van der Waals surface area contributed by atoms with Gasteiger partial charge in [0.2, 0.25) is 11.8 Å². The summed E-state index contributed by atoms with van der Waals surface area (Å²) in [5.41, 5.74) is 1.11. The molecule has 0 aliphatic carbocycles. The Balaban J connectivity index is 1.55. The molecule has 1 N–H and O–H groups in total. The maximum absolute atomic E-state index is 12.8. The van der Waals surface area contributed by atoms with Crippen LogP contribution in [-0.2, 0) is 20.7 Å². The van der Waals surface area contributed by atoms with Crippen molar-refractivity contribution in [1.29, 1.82) is 0 Å². The molecule has 1 fully saturated rings. The van der Waals surface area contributed by atoms with E-state index in [4.69, 9.17) is 9.26 Å². The van der Waals surface area contributed by atoms with Crippen molar-refractivity contribution in [3.63, 3.8) is 0 Å². The second kappa shape index (κ2) is 10.6. The van der Waals surface area contributed by atoms with Crippen LogP contribution in [0.2, 0.25) is 0 Å². The van der Waals surface area contributed by atoms with Crippen molar-refractivity contribution in [2.24, 2.45) is 0 Å². The largest absolute Gasteiger partial charge is 0.379 e. The molecule has 0 spiro atoms. The molecular weight excluding hydrogens is 360 g/mol. The fourth-order valence-corrected chi connectivity index (χ4v) is 3.07. The minimum Gasteiger partial charge on any atom is -0.379 e. The average Bonchev–Trinajstić information content (AvgIpc) is 3.23. The fraction of sp³-hybridized carbons (Fsp3) is 0.450. The number of rotatable bonds is 9. The first-order valence-corrected chi connectivity index (χ1v) is 9.53. The van der Waals surface area contributed by atoms with Crippen LogP contribution < -0.4 is 5.32 Å². The predicted molar refractivity (Wildman–Crippen MR) is 104 cm³/mol. The number of hydrogen-bond acceptors (Lipinski definition) is 6. The van der Waals surface area contributed by atoms with Gasteiger partial charge in [0, 0.05) is 38.7 Å². The molecule has 1 aromatic carbocycles. The van der Waals surface area contributed by atoms with Crippen molar-refractivity contribution < 1.29 is 18.8 Å². The lowest BCUT2D eigenvalue weighted by molar-refractivity contribution is -0.135. The molecule has 150 valence electrons. The Morgan fingerprint density at radius 1 is 1.14 bits per heavy atom. The van der Waals surface area contributed by atoms with Crippen LogP contribution in [0.15, 0.2) is 47.2 Å². The molecule has 2 amide bonds. The summed E-state index contributed by atoms with van der Waals surface area (Å²) in [5, 5.41) is 6.32. The van der Waals surface area contributed by atoms with E-state index in [9.17, 15) is 9.59 Å². The number of benzene rings is 1. The minimum atomic E-state index is -0.288. The highest BCUT2D eigenvalue weighted by Gasteiger charge is 2.19. The maximum atomic E-state index is 12.8. The molecule has 0 atom stereocenters. The van der Waals surface area contributed by atoms with Gasteiger partial charge in [0.15, 0.2) is 5.82 Å². The van der Waals surface area contributed by atoms with E-state index >= 15 is 0 Å². The Labute approximate surface area is 164 Å². The van der Waals surface area contributed by atoms with Crippen molar-refractivity contribution in [3.05, 3.63) is 48.2 Å². The molecule has 8 nitrogen and oxygen atoms in total. The highest BCUT2D eigenvalue weighted by atomic mass is 16.5. The Hall–Kier alpha value is -2.71. The lowest BCUT2D eigenvalue weighted by Crippen LogP contribution is -2.45. The Kier molecular flexibility index (Phi) is 7.57. The van der Waals surface area contributed by atoms with E-state index in [-0.39, 0.29) is 18.4 Å². The zero-order chi connectivity index (χ0) is 19.6. The summed E-state index contributed by atoms with van der Waals surface area (Å²) in [5.74, 6) is 0.0196. The number of morpholine rings is 1. The van der Waals surface area contributed by atoms with Crippen molar-refractivity contribution in [1.82, 2.24) is 15.0 Å². The van der Waals surface area contributed by atoms with Crippen LogP contribution in [-0.4, -0.2) is 72.7 Å². The molecule has 0 bridgehead atoms. The molecule has 28 heavy (non-hydrogen) atoms. The number of nitrogens with zero attached hydrogens (tertiary/aromatic N) is 3. The summed E-state index contributed by atoms with van der Waals surface area (Å²) in [7, 11) is 0. The number of carbonyl (C=O) groups excluding carboxylic acids is 2. The van der Waals surface area contributed by atoms with Gasteiger partial charge < -0.3 is 19.5 Å². The predicted octanol–water partition coefficient (Wildman–Crippen LogP) is 1.41. The van der Waals surface area contributed by atoms with Gasteiger partial charge in [-0.15, -0.1) is 0 Å². The van der Waals surface area contributed by atoms with Crippen LogP contribution in [0.1, 0.15) is 12.0 Å². The molecule has 0 saturated carbocycles. The number of aromatic nitrogens is 1. The van der Waals surface area contributed by atoms with Gasteiger partial charge in [-0.05, 0) is 12.0 Å². The van der Waals surface area contributed by atoms with E-state index in [1.54, 1.807) is 11.0 Å². The number of anilines is 1. The molecule has 3 rings (SSSR count). The zero-order valence-electron chi connectivity index (χ0n) is 15.9. The monoisotopic (exact) mass is 386 g/mol. The summed E-state index contributed by atoms with van der Waals surface area (Å²) in [6.07, 6.45) is 2.40. The third-order valence-electron chi connectivity index (χ3n) is 4.65. The lowest BCUT2D eigenvalue weighted by atomic mass is 10.1. The number of hydrogen-bond donors (Lipinski definition) is 1. The standard InChI is InChI=1S/C20H26N4O4/c25-19(21-18-8-13-28-22-18)16-24(10-9-23-11-14-27-15-12-23)20(26)7-6-17-4-2-1-3-5-17/h1-5,8,13H,6-7,9-12,14-16H2,(H,21,22,25). The van der Waals surface area contributed by atoms with Crippen LogP contribution in [0.3, 0.4) is 0 Å². The van der Waals surface area contributed by atoms with Gasteiger partial charge in [-0.1, -0.05) is 35.5 Å².